The fourth-order valence-corrected chi connectivity index (χ4v) is 2.61. The van der Waals surface area contributed by atoms with E-state index in [1.54, 1.807) is 6.07 Å². The lowest BCUT2D eigenvalue weighted by Crippen LogP contribution is -2.13. The number of ketones is 1. The van der Waals surface area contributed by atoms with Crippen LogP contribution in [0, 0.1) is 10.1 Å². The van der Waals surface area contributed by atoms with Crippen LogP contribution in [0.25, 0.3) is 16.5 Å². The van der Waals surface area contributed by atoms with Crippen molar-refractivity contribution in [2.45, 2.75) is 6.18 Å². The van der Waals surface area contributed by atoms with Gasteiger partial charge in [0.1, 0.15) is 0 Å². The number of rotatable bonds is 4. The van der Waals surface area contributed by atoms with Gasteiger partial charge in [-0.1, -0.05) is 18.2 Å². The lowest BCUT2D eigenvalue weighted by atomic mass is 9.97. The highest BCUT2D eigenvalue weighted by atomic mass is 19.4. The molecule has 0 saturated heterocycles. The van der Waals surface area contributed by atoms with E-state index >= 15 is 0 Å². The van der Waals surface area contributed by atoms with Gasteiger partial charge in [-0.25, -0.2) is 0 Å². The maximum Gasteiger partial charge on any atom is 0.417 e. The van der Waals surface area contributed by atoms with Crippen LogP contribution in [0.15, 0.2) is 66.9 Å². The minimum Gasteiger partial charge on any atom is -0.289 e. The Labute approximate surface area is 150 Å². The van der Waals surface area contributed by atoms with Crippen molar-refractivity contribution in [1.29, 1.82) is 0 Å². The maximum atomic E-state index is 13.6. The molecule has 0 N–H and O–H groups in total. The predicted octanol–water partition coefficient (Wildman–Crippen LogP) is 4.97. The van der Waals surface area contributed by atoms with Gasteiger partial charge in [0.25, 0.3) is 5.69 Å². The molecule has 0 fully saturated rings. The highest BCUT2D eigenvalue weighted by Gasteiger charge is 2.36. The van der Waals surface area contributed by atoms with Crippen LogP contribution in [0.5, 0.6) is 0 Å². The van der Waals surface area contributed by atoms with Gasteiger partial charge >= 0.3 is 6.18 Å². The summed E-state index contributed by atoms with van der Waals surface area (Å²) in [5.74, 6) is -0.905. The molecule has 0 aliphatic carbocycles. The highest BCUT2D eigenvalue weighted by Crippen LogP contribution is 2.37. The zero-order valence-electron chi connectivity index (χ0n) is 13.6. The first kappa shape index (κ1) is 18.2. The number of nitrogens with zero attached hydrogens (tertiary/aromatic N) is 2. The molecule has 3 aromatic rings. The molecule has 0 saturated carbocycles. The molecule has 0 atom stereocenters. The molecule has 0 radical (unpaired) electrons. The molecule has 8 heteroatoms. The largest absolute Gasteiger partial charge is 0.417 e. The van der Waals surface area contributed by atoms with Gasteiger partial charge in [0.2, 0.25) is 0 Å². The second kappa shape index (κ2) is 6.99. The van der Waals surface area contributed by atoms with E-state index in [1.165, 1.54) is 30.5 Å². The zero-order valence-corrected chi connectivity index (χ0v) is 13.6. The number of non-ortho nitro benzene ring substituents is 1. The van der Waals surface area contributed by atoms with E-state index in [-0.39, 0.29) is 22.2 Å². The van der Waals surface area contributed by atoms with Crippen LogP contribution in [0.1, 0.15) is 15.9 Å². The molecule has 27 heavy (non-hydrogen) atoms. The number of allylic oxidation sites excluding steroid dienone is 2. The lowest BCUT2D eigenvalue weighted by Gasteiger charge is -2.14. The monoisotopic (exact) mass is 372 g/mol. The second-order valence-electron chi connectivity index (χ2n) is 5.60. The van der Waals surface area contributed by atoms with E-state index in [0.29, 0.717) is 11.6 Å². The van der Waals surface area contributed by atoms with Crippen LogP contribution >= 0.6 is 0 Å². The summed E-state index contributed by atoms with van der Waals surface area (Å²) in [6.07, 6.45) is -2.81. The van der Waals surface area contributed by atoms with Crippen molar-refractivity contribution >= 4 is 27.9 Å². The first-order valence-corrected chi connectivity index (χ1v) is 7.69. The Bertz CT molecular complexity index is 1050. The molecule has 0 bridgehead atoms. The Morgan fingerprint density at radius 2 is 1.74 bits per heavy atom. The summed E-state index contributed by atoms with van der Waals surface area (Å²) in [7, 11) is 0. The summed E-state index contributed by atoms with van der Waals surface area (Å²) < 4.78 is 40.9. The van der Waals surface area contributed by atoms with Gasteiger partial charge < -0.3 is 0 Å². The number of halogens is 3. The first-order chi connectivity index (χ1) is 12.8. The number of fused-ring (bicyclic) bond motifs is 1. The van der Waals surface area contributed by atoms with Crippen molar-refractivity contribution in [3.05, 3.63) is 88.1 Å². The third kappa shape index (κ3) is 3.84. The third-order valence-corrected chi connectivity index (χ3v) is 3.88. The van der Waals surface area contributed by atoms with Gasteiger partial charge in [0.05, 0.1) is 16.0 Å². The SMILES string of the molecule is O=C(/C=C(/c1cccc2ncccc12)C(F)(F)F)c1ccc([N+](=O)[O-])cc1. The number of aromatic nitrogens is 1. The van der Waals surface area contributed by atoms with Crippen molar-refractivity contribution in [2.75, 3.05) is 0 Å². The third-order valence-electron chi connectivity index (χ3n) is 3.88. The molecule has 136 valence electrons. The number of carbonyl (C=O) groups is 1. The standard InChI is InChI=1S/C19H11F3N2O3/c20-19(21,22)16(14-3-1-5-17-15(14)4-2-10-23-17)11-18(25)12-6-8-13(9-7-12)24(26)27/h1-11H/b16-11-. The van der Waals surface area contributed by atoms with Crippen molar-refractivity contribution in [1.82, 2.24) is 4.98 Å². The van der Waals surface area contributed by atoms with Gasteiger partial charge in [-0.3, -0.25) is 19.9 Å². The first-order valence-electron chi connectivity index (χ1n) is 7.69. The number of carbonyl (C=O) groups excluding carboxylic acids is 1. The summed E-state index contributed by atoms with van der Waals surface area (Å²) in [4.78, 5) is 26.4. The zero-order chi connectivity index (χ0) is 19.6. The van der Waals surface area contributed by atoms with Gasteiger partial charge in [0.15, 0.2) is 5.78 Å². The van der Waals surface area contributed by atoms with E-state index in [0.717, 1.165) is 24.3 Å². The van der Waals surface area contributed by atoms with Crippen LogP contribution in [0.4, 0.5) is 18.9 Å². The van der Waals surface area contributed by atoms with Crippen LogP contribution in [-0.4, -0.2) is 21.9 Å². The fraction of sp³-hybridized carbons (Fsp3) is 0.0526. The smallest absolute Gasteiger partial charge is 0.289 e. The lowest BCUT2D eigenvalue weighted by molar-refractivity contribution is -0.384. The second-order valence-corrected chi connectivity index (χ2v) is 5.60. The van der Waals surface area contributed by atoms with E-state index in [1.807, 2.05) is 0 Å². The molecule has 0 aliphatic heterocycles. The minimum absolute atomic E-state index is 0.0827. The average Bonchev–Trinajstić information content (AvgIpc) is 2.64. The number of hydrogen-bond donors (Lipinski definition) is 0. The van der Waals surface area contributed by atoms with Crippen molar-refractivity contribution < 1.29 is 22.9 Å². The average molecular weight is 372 g/mol. The van der Waals surface area contributed by atoms with E-state index in [9.17, 15) is 28.1 Å². The minimum atomic E-state index is -4.78. The molecule has 0 aliphatic rings. The number of hydrogen-bond acceptors (Lipinski definition) is 4. The molecule has 2 aromatic carbocycles. The molecule has 1 heterocycles. The Hall–Kier alpha value is -3.55. The fourth-order valence-electron chi connectivity index (χ4n) is 2.61. The Morgan fingerprint density at radius 1 is 1.04 bits per heavy atom. The quantitative estimate of drug-likeness (QED) is 0.280. The molecule has 5 nitrogen and oxygen atoms in total. The molecule has 3 rings (SSSR count). The maximum absolute atomic E-state index is 13.6. The topological polar surface area (TPSA) is 73.1 Å². The van der Waals surface area contributed by atoms with Crippen molar-refractivity contribution in [3.8, 4) is 0 Å². The summed E-state index contributed by atoms with van der Waals surface area (Å²) in [5.41, 5.74) is -1.24. The summed E-state index contributed by atoms with van der Waals surface area (Å²) >= 11 is 0. The summed E-state index contributed by atoms with van der Waals surface area (Å²) in [6.45, 7) is 0. The normalized spacial score (nSPS) is 12.2. The van der Waals surface area contributed by atoms with Gasteiger partial charge in [-0.2, -0.15) is 13.2 Å². The summed E-state index contributed by atoms with van der Waals surface area (Å²) in [5, 5.41) is 10.9. The Morgan fingerprint density at radius 3 is 2.37 bits per heavy atom. The van der Waals surface area contributed by atoms with E-state index in [2.05, 4.69) is 4.98 Å². The van der Waals surface area contributed by atoms with Crippen molar-refractivity contribution in [3.63, 3.8) is 0 Å². The number of nitro groups is 1. The highest BCUT2D eigenvalue weighted by molar-refractivity contribution is 6.10. The Kier molecular flexibility index (Phi) is 4.72. The van der Waals surface area contributed by atoms with E-state index < -0.39 is 22.5 Å². The number of pyridine rings is 1. The molecule has 0 unspecified atom stereocenters. The molecular formula is C19H11F3N2O3. The number of alkyl halides is 3. The van der Waals surface area contributed by atoms with E-state index in [4.69, 9.17) is 0 Å². The molecule has 0 amide bonds. The van der Waals surface area contributed by atoms with Gasteiger partial charge in [0, 0.05) is 29.3 Å². The molecular weight excluding hydrogens is 361 g/mol. The number of benzene rings is 2. The van der Waals surface area contributed by atoms with Crippen LogP contribution in [-0.2, 0) is 0 Å². The van der Waals surface area contributed by atoms with Crippen LogP contribution in [0.3, 0.4) is 0 Å². The predicted molar refractivity (Wildman–Crippen MR) is 93.2 cm³/mol. The van der Waals surface area contributed by atoms with Gasteiger partial charge in [-0.15, -0.1) is 0 Å². The van der Waals surface area contributed by atoms with Crippen molar-refractivity contribution in [2.24, 2.45) is 0 Å². The molecule has 1 aromatic heterocycles. The van der Waals surface area contributed by atoms with Gasteiger partial charge in [-0.05, 0) is 35.9 Å². The number of nitro benzene ring substituents is 1. The van der Waals surface area contributed by atoms with Crippen LogP contribution < -0.4 is 0 Å². The molecule has 0 spiro atoms. The van der Waals surface area contributed by atoms with Crippen LogP contribution in [0.2, 0.25) is 0 Å². The Balaban J connectivity index is 2.10. The summed E-state index contributed by atoms with van der Waals surface area (Å²) in [6, 6.07) is 11.7.